The first-order valence-corrected chi connectivity index (χ1v) is 5.78. The second kappa shape index (κ2) is 3.32. The molecule has 0 aromatic heterocycles. The summed E-state index contributed by atoms with van der Waals surface area (Å²) in [6.45, 7) is 0. The van der Waals surface area contributed by atoms with Gasteiger partial charge in [-0.3, -0.25) is 9.59 Å². The van der Waals surface area contributed by atoms with Gasteiger partial charge in [-0.2, -0.15) is 0 Å². The summed E-state index contributed by atoms with van der Waals surface area (Å²) in [7, 11) is 0. The standard InChI is InChI=1S/C13H13NO3/c15-11-4-1-8-7-9(2-3-10(8)14-11)13(5-6-13)12(16)17/h2-3,7H,1,4-6H2,(H,14,15)(H,16,17). The van der Waals surface area contributed by atoms with Crippen LogP contribution in [0, 0.1) is 0 Å². The average molecular weight is 231 g/mol. The van der Waals surface area contributed by atoms with Crippen LogP contribution in [0.4, 0.5) is 5.69 Å². The lowest BCUT2D eigenvalue weighted by atomic mass is 9.91. The highest BCUT2D eigenvalue weighted by Gasteiger charge is 2.51. The molecule has 1 fully saturated rings. The summed E-state index contributed by atoms with van der Waals surface area (Å²) in [5, 5.41) is 12.0. The SMILES string of the molecule is O=C1CCc2cc(C3(C(=O)O)CC3)ccc2N1. The van der Waals surface area contributed by atoms with Crippen LogP contribution >= 0.6 is 0 Å². The molecule has 88 valence electrons. The summed E-state index contributed by atoms with van der Waals surface area (Å²) >= 11 is 0. The van der Waals surface area contributed by atoms with E-state index < -0.39 is 11.4 Å². The fraction of sp³-hybridized carbons (Fsp3) is 0.385. The molecule has 0 unspecified atom stereocenters. The number of aliphatic carboxylic acids is 1. The maximum atomic E-state index is 11.2. The Labute approximate surface area is 98.6 Å². The minimum absolute atomic E-state index is 0.0321. The first-order chi connectivity index (χ1) is 8.12. The molecule has 4 nitrogen and oxygen atoms in total. The molecule has 0 atom stereocenters. The van der Waals surface area contributed by atoms with E-state index >= 15 is 0 Å². The van der Waals surface area contributed by atoms with Gasteiger partial charge in [0.25, 0.3) is 0 Å². The van der Waals surface area contributed by atoms with E-state index in [1.807, 2.05) is 18.2 Å². The van der Waals surface area contributed by atoms with Crippen molar-refractivity contribution >= 4 is 17.6 Å². The summed E-state index contributed by atoms with van der Waals surface area (Å²) in [5.41, 5.74) is 2.09. The number of aryl methyl sites for hydroxylation is 1. The number of amides is 1. The normalized spacial score (nSPS) is 20.4. The van der Waals surface area contributed by atoms with E-state index in [1.165, 1.54) is 0 Å². The average Bonchev–Trinajstić information content (AvgIpc) is 3.09. The molecule has 0 saturated heterocycles. The van der Waals surface area contributed by atoms with Crippen molar-refractivity contribution in [2.75, 3.05) is 5.32 Å². The number of rotatable bonds is 2. The van der Waals surface area contributed by atoms with Gasteiger partial charge in [0.1, 0.15) is 0 Å². The first-order valence-electron chi connectivity index (χ1n) is 5.78. The van der Waals surface area contributed by atoms with E-state index in [1.54, 1.807) is 0 Å². The van der Waals surface area contributed by atoms with Crippen molar-refractivity contribution in [3.05, 3.63) is 29.3 Å². The summed E-state index contributed by atoms with van der Waals surface area (Å²) in [5.74, 6) is -0.707. The molecule has 0 radical (unpaired) electrons. The van der Waals surface area contributed by atoms with E-state index in [0.29, 0.717) is 25.7 Å². The predicted octanol–water partition coefficient (Wildman–Crippen LogP) is 1.69. The van der Waals surface area contributed by atoms with Crippen molar-refractivity contribution in [2.24, 2.45) is 0 Å². The van der Waals surface area contributed by atoms with Crippen LogP contribution in [0.25, 0.3) is 0 Å². The molecule has 2 aliphatic rings. The number of carbonyl (C=O) groups is 2. The Bertz CT molecular complexity index is 517. The molecule has 1 aromatic rings. The van der Waals surface area contributed by atoms with Crippen molar-refractivity contribution in [2.45, 2.75) is 31.1 Å². The van der Waals surface area contributed by atoms with Gasteiger partial charge in [-0.15, -0.1) is 0 Å². The molecule has 3 rings (SSSR count). The number of carboxylic acid groups (broad SMARTS) is 1. The topological polar surface area (TPSA) is 66.4 Å². The summed E-state index contributed by atoms with van der Waals surface area (Å²) < 4.78 is 0. The third kappa shape index (κ3) is 1.52. The molecule has 1 saturated carbocycles. The minimum Gasteiger partial charge on any atom is -0.481 e. The number of carboxylic acids is 1. The van der Waals surface area contributed by atoms with Gasteiger partial charge < -0.3 is 10.4 Å². The number of nitrogens with one attached hydrogen (secondary N) is 1. The highest BCUT2D eigenvalue weighted by atomic mass is 16.4. The van der Waals surface area contributed by atoms with Gasteiger partial charge in [0.15, 0.2) is 0 Å². The molecular formula is C13H13NO3. The third-order valence-corrected chi connectivity index (χ3v) is 3.71. The van der Waals surface area contributed by atoms with Crippen LogP contribution in [0.15, 0.2) is 18.2 Å². The van der Waals surface area contributed by atoms with Crippen LogP contribution in [0.2, 0.25) is 0 Å². The molecule has 1 amide bonds. The van der Waals surface area contributed by atoms with Crippen molar-refractivity contribution < 1.29 is 14.7 Å². The van der Waals surface area contributed by atoms with Crippen molar-refractivity contribution in [1.29, 1.82) is 0 Å². The molecular weight excluding hydrogens is 218 g/mol. The Morgan fingerprint density at radius 2 is 2.06 bits per heavy atom. The van der Waals surface area contributed by atoms with E-state index in [4.69, 9.17) is 0 Å². The number of hydrogen-bond acceptors (Lipinski definition) is 2. The summed E-state index contributed by atoms with van der Waals surface area (Å²) in [6.07, 6.45) is 2.61. The molecule has 1 heterocycles. The van der Waals surface area contributed by atoms with Crippen molar-refractivity contribution in [1.82, 2.24) is 0 Å². The Hall–Kier alpha value is -1.84. The van der Waals surface area contributed by atoms with Gasteiger partial charge in [0.05, 0.1) is 5.41 Å². The maximum Gasteiger partial charge on any atom is 0.314 e. The lowest BCUT2D eigenvalue weighted by Crippen LogP contribution is -2.22. The van der Waals surface area contributed by atoms with E-state index in [9.17, 15) is 14.7 Å². The van der Waals surface area contributed by atoms with Gasteiger partial charge in [-0.1, -0.05) is 12.1 Å². The van der Waals surface area contributed by atoms with Gasteiger partial charge in [0, 0.05) is 12.1 Å². The Morgan fingerprint density at radius 1 is 1.29 bits per heavy atom. The van der Waals surface area contributed by atoms with Gasteiger partial charge >= 0.3 is 5.97 Å². The summed E-state index contributed by atoms with van der Waals surface area (Å²) in [6, 6.07) is 5.59. The molecule has 2 N–H and O–H groups in total. The van der Waals surface area contributed by atoms with Crippen LogP contribution in [-0.4, -0.2) is 17.0 Å². The molecule has 1 aromatic carbocycles. The largest absolute Gasteiger partial charge is 0.481 e. The zero-order chi connectivity index (χ0) is 12.0. The second-order valence-corrected chi connectivity index (χ2v) is 4.81. The fourth-order valence-corrected chi connectivity index (χ4v) is 2.43. The molecule has 4 heteroatoms. The van der Waals surface area contributed by atoms with Crippen LogP contribution in [0.3, 0.4) is 0 Å². The number of anilines is 1. The Morgan fingerprint density at radius 3 is 2.71 bits per heavy atom. The molecule has 17 heavy (non-hydrogen) atoms. The van der Waals surface area contributed by atoms with Crippen molar-refractivity contribution in [3.8, 4) is 0 Å². The van der Waals surface area contributed by atoms with Gasteiger partial charge in [-0.25, -0.2) is 0 Å². The molecule has 1 aliphatic heterocycles. The van der Waals surface area contributed by atoms with Gasteiger partial charge in [-0.05, 0) is 36.5 Å². The van der Waals surface area contributed by atoms with Crippen LogP contribution in [-0.2, 0) is 21.4 Å². The monoisotopic (exact) mass is 231 g/mol. The second-order valence-electron chi connectivity index (χ2n) is 4.81. The lowest BCUT2D eigenvalue weighted by Gasteiger charge is -2.19. The maximum absolute atomic E-state index is 11.2. The smallest absolute Gasteiger partial charge is 0.314 e. The number of carbonyl (C=O) groups excluding carboxylic acids is 1. The zero-order valence-electron chi connectivity index (χ0n) is 9.32. The van der Waals surface area contributed by atoms with Crippen LogP contribution in [0.5, 0.6) is 0 Å². The Balaban J connectivity index is 1.99. The van der Waals surface area contributed by atoms with Crippen molar-refractivity contribution in [3.63, 3.8) is 0 Å². The molecule has 1 aliphatic carbocycles. The van der Waals surface area contributed by atoms with E-state index in [-0.39, 0.29) is 5.91 Å². The third-order valence-electron chi connectivity index (χ3n) is 3.71. The summed E-state index contributed by atoms with van der Waals surface area (Å²) in [4.78, 5) is 22.5. The fourth-order valence-electron chi connectivity index (χ4n) is 2.43. The highest BCUT2D eigenvalue weighted by Crippen LogP contribution is 2.49. The number of benzene rings is 1. The highest BCUT2D eigenvalue weighted by molar-refractivity contribution is 5.94. The molecule has 0 bridgehead atoms. The predicted molar refractivity (Wildman–Crippen MR) is 61.9 cm³/mol. The quantitative estimate of drug-likeness (QED) is 0.813. The first kappa shape index (κ1) is 10.3. The van der Waals surface area contributed by atoms with E-state index in [0.717, 1.165) is 16.8 Å². The lowest BCUT2D eigenvalue weighted by molar-refractivity contribution is -0.140. The van der Waals surface area contributed by atoms with Gasteiger partial charge in [0.2, 0.25) is 5.91 Å². The van der Waals surface area contributed by atoms with Crippen LogP contribution in [0.1, 0.15) is 30.4 Å². The molecule has 0 spiro atoms. The Kier molecular flexibility index (Phi) is 2.02. The van der Waals surface area contributed by atoms with E-state index in [2.05, 4.69) is 5.32 Å². The number of fused-ring (bicyclic) bond motifs is 1. The minimum atomic E-state index is -0.739. The van der Waals surface area contributed by atoms with Crippen LogP contribution < -0.4 is 5.32 Å². The number of hydrogen-bond donors (Lipinski definition) is 2. The zero-order valence-corrected chi connectivity index (χ0v) is 9.32.